The average molecular weight is 1250 g/mol. The highest BCUT2D eigenvalue weighted by Gasteiger charge is 2.41. The minimum Gasteiger partial charge on any atom is -0.458 e. The molecule has 1 fully saturated rings. The maximum absolute atomic E-state index is 14.4. The Bertz CT molecular complexity index is 2550. The molecule has 0 spiro atoms. The van der Waals surface area contributed by atoms with E-state index >= 15 is 0 Å². The lowest BCUT2D eigenvalue weighted by Crippen LogP contribution is -2.63. The Kier molecular flexibility index (Phi) is 33.1. The van der Waals surface area contributed by atoms with Gasteiger partial charge in [0.1, 0.15) is 66.5 Å². The van der Waals surface area contributed by atoms with Crippen LogP contribution in [-0.2, 0) is 68.7 Å². The Morgan fingerprint density at radius 3 is 1.55 bits per heavy atom. The zero-order valence-corrected chi connectivity index (χ0v) is 52.4. The van der Waals surface area contributed by atoms with E-state index in [1.807, 2.05) is 30.3 Å². The molecule has 1 aromatic carbocycles. The fourth-order valence-electron chi connectivity index (χ4n) is 9.12. The fraction of sp³-hybridized carbons (Fsp3) is 0.672. The van der Waals surface area contributed by atoms with Gasteiger partial charge < -0.3 is 90.2 Å². The number of benzene rings is 1. The van der Waals surface area contributed by atoms with Gasteiger partial charge in [0.05, 0.1) is 19.3 Å². The summed E-state index contributed by atoms with van der Waals surface area (Å²) in [6, 6.07) is -7.34. The molecule has 2 unspecified atom stereocenters. The quantitative estimate of drug-likeness (QED) is 0.0235. The summed E-state index contributed by atoms with van der Waals surface area (Å²) >= 11 is 0. The van der Waals surface area contributed by atoms with Gasteiger partial charge in [-0.2, -0.15) is 0 Å². The van der Waals surface area contributed by atoms with Crippen LogP contribution in [0.4, 0.5) is 4.79 Å². The van der Waals surface area contributed by atoms with Gasteiger partial charge in [-0.25, -0.2) is 9.59 Å². The molecule has 0 aromatic heterocycles. The van der Waals surface area contributed by atoms with Crippen LogP contribution in [0.25, 0.3) is 0 Å². The van der Waals surface area contributed by atoms with E-state index in [0.717, 1.165) is 5.56 Å². The molecule has 88 heavy (non-hydrogen) atoms. The zero-order chi connectivity index (χ0) is 66.5. The lowest BCUT2D eigenvalue weighted by molar-refractivity contribution is -0.157. The monoisotopic (exact) mass is 1240 g/mol. The summed E-state index contributed by atoms with van der Waals surface area (Å²) in [6.07, 6.45) is -0.675. The standard InChI is InChI=1S/C58H96N14O16/c1-12-29(5)42(69-50(79)38(61-11)26-35-20-17-16-18-21-35)53(82)66-39(27-73)51(80)65-37(23-24-41(59)75)49(78)68-44(31(7)14-3)55(84)70-43(30(6)13-2)54(83)67-40(28-74)52(81)72-46-34(10)88-57(86)45(32(8)15-4)71-48(77)36(22-19-25-62-58(60)87)64-47(76)33(9)63-56(46)85/h16-18,20-21,29-34,36-40,42-46,61,73-74H,12-15,19,22-28H2,1-11H3,(H2,59,75)(H,63,85)(H,64,76)(H,65,80)(H,66,82)(H,67,83)(H,68,78)(H,69,79)(H,70,84)(H,71,77)(H,72,81)(H3,60,62,87)/t29-,30-,31+,32-,33-,34?,36-,37+,38+,39-,40-,42-,43-,44+,45-,46?/m0/s1. The first-order valence-electron chi connectivity index (χ1n) is 30.0. The Balaban J connectivity index is 2.40. The number of ether oxygens (including phenoxy) is 1. The van der Waals surface area contributed by atoms with Crippen molar-refractivity contribution in [1.82, 2.24) is 63.8 Å². The Morgan fingerprint density at radius 1 is 0.591 bits per heavy atom. The lowest BCUT2D eigenvalue weighted by Gasteiger charge is -2.31. The number of rotatable bonds is 34. The number of carbonyl (C=O) groups is 13. The highest BCUT2D eigenvalue weighted by molar-refractivity contribution is 5.99. The van der Waals surface area contributed by atoms with Crippen LogP contribution in [0, 0.1) is 23.7 Å². The van der Waals surface area contributed by atoms with Gasteiger partial charge in [-0.3, -0.25) is 52.7 Å². The van der Waals surface area contributed by atoms with Crippen molar-refractivity contribution >= 4 is 77.0 Å². The van der Waals surface area contributed by atoms with E-state index in [1.165, 1.54) is 13.8 Å². The first-order valence-corrected chi connectivity index (χ1v) is 30.0. The molecular weight excluding hydrogens is 1150 g/mol. The highest BCUT2D eigenvalue weighted by atomic mass is 16.5. The van der Waals surface area contributed by atoms with E-state index in [9.17, 15) is 72.5 Å². The smallest absolute Gasteiger partial charge is 0.329 e. The number of hydrogen-bond donors (Lipinski definition) is 16. The van der Waals surface area contributed by atoms with Gasteiger partial charge in [0.25, 0.3) is 0 Å². The Labute approximate surface area is 513 Å². The van der Waals surface area contributed by atoms with Crippen LogP contribution in [0.5, 0.6) is 0 Å². The number of nitrogens with one attached hydrogen (secondary N) is 12. The number of aliphatic hydroxyl groups is 2. The SMILES string of the molecule is CC[C@@H](C)[C@@H](NC(=O)[C@@H](CCC(N)=O)NC(=O)[C@H](CO)NC(=O)[C@@H](NC(=O)[C@@H](Cc1ccccc1)NC)[C@@H](C)CC)C(=O)N[C@H](C(=O)N[C@@H](CO)C(=O)NC1C(=O)N[C@@H](C)C(=O)N[C@@H](CCCNC(N)=O)C(=O)N[C@@H]([C@@H](C)CC)C(=O)OC1C)[C@@H](C)CC. The van der Waals surface area contributed by atoms with Crippen molar-refractivity contribution in [3.05, 3.63) is 35.9 Å². The molecule has 0 saturated carbocycles. The Morgan fingerprint density at radius 2 is 1.07 bits per heavy atom. The van der Waals surface area contributed by atoms with Crippen LogP contribution in [0.3, 0.4) is 0 Å². The van der Waals surface area contributed by atoms with Gasteiger partial charge >= 0.3 is 12.0 Å². The van der Waals surface area contributed by atoms with E-state index < -0.39 is 199 Å². The number of primary amides is 2. The molecule has 1 heterocycles. The average Bonchev–Trinajstić information content (AvgIpc) is 3.20. The normalized spacial score (nSPS) is 21.0. The molecule has 13 amide bonds. The van der Waals surface area contributed by atoms with Crippen molar-refractivity contribution in [2.24, 2.45) is 35.1 Å². The van der Waals surface area contributed by atoms with Gasteiger partial charge in [-0.1, -0.05) is 111 Å². The topological polar surface area (TPSA) is 468 Å². The second kappa shape index (κ2) is 38.3. The molecule has 1 aliphatic heterocycles. The van der Waals surface area contributed by atoms with Crippen molar-refractivity contribution in [3.8, 4) is 0 Å². The molecule has 1 aliphatic rings. The molecule has 0 bridgehead atoms. The van der Waals surface area contributed by atoms with Crippen LogP contribution < -0.4 is 75.3 Å². The molecule has 1 aromatic rings. The number of aliphatic hydroxyl groups excluding tert-OH is 2. The summed E-state index contributed by atoms with van der Waals surface area (Å²) < 4.78 is 5.69. The van der Waals surface area contributed by atoms with E-state index in [0.29, 0.717) is 19.3 Å². The maximum Gasteiger partial charge on any atom is 0.329 e. The first kappa shape index (κ1) is 76.1. The van der Waals surface area contributed by atoms with Crippen molar-refractivity contribution in [1.29, 1.82) is 0 Å². The van der Waals surface area contributed by atoms with E-state index in [2.05, 4.69) is 63.8 Å². The number of esters is 1. The van der Waals surface area contributed by atoms with E-state index in [4.69, 9.17) is 16.2 Å². The highest BCUT2D eigenvalue weighted by Crippen LogP contribution is 2.17. The molecule has 2 rings (SSSR count). The second-order valence-corrected chi connectivity index (χ2v) is 22.4. The summed E-state index contributed by atoms with van der Waals surface area (Å²) in [5, 5.41) is 51.5. The van der Waals surface area contributed by atoms with Crippen molar-refractivity contribution in [2.75, 3.05) is 26.8 Å². The third kappa shape index (κ3) is 24.3. The largest absolute Gasteiger partial charge is 0.458 e. The van der Waals surface area contributed by atoms with E-state index in [-0.39, 0.29) is 32.2 Å². The van der Waals surface area contributed by atoms with Crippen molar-refractivity contribution in [2.45, 2.75) is 200 Å². The van der Waals surface area contributed by atoms with Gasteiger partial charge in [0, 0.05) is 13.0 Å². The number of likely N-dealkylation sites (N-methyl/N-ethyl adjacent to an activating group) is 1. The number of urea groups is 1. The molecule has 0 radical (unpaired) electrons. The molecule has 0 aliphatic carbocycles. The van der Waals surface area contributed by atoms with Crippen LogP contribution in [0.2, 0.25) is 0 Å². The van der Waals surface area contributed by atoms with Crippen LogP contribution in [0.1, 0.15) is 126 Å². The third-order valence-corrected chi connectivity index (χ3v) is 15.7. The summed E-state index contributed by atoms with van der Waals surface area (Å²) in [5.74, 6) is -13.4. The van der Waals surface area contributed by atoms with Gasteiger partial charge in [-0.05, 0) is 75.8 Å². The number of carbonyl (C=O) groups excluding carboxylic acids is 13. The summed E-state index contributed by atoms with van der Waals surface area (Å²) in [4.78, 5) is 176. The number of cyclic esters (lactones) is 1. The number of hydrogen-bond acceptors (Lipinski definition) is 17. The minimum absolute atomic E-state index is 0.0281. The molecule has 18 N–H and O–H groups in total. The summed E-state index contributed by atoms with van der Waals surface area (Å²) in [7, 11) is 1.59. The predicted molar refractivity (Wildman–Crippen MR) is 321 cm³/mol. The lowest BCUT2D eigenvalue weighted by atomic mass is 9.94. The van der Waals surface area contributed by atoms with Gasteiger partial charge in [0.2, 0.25) is 65.0 Å². The number of amides is 13. The molecule has 494 valence electrons. The summed E-state index contributed by atoms with van der Waals surface area (Å²) in [5.41, 5.74) is 11.4. The molecule has 30 nitrogen and oxygen atoms in total. The summed E-state index contributed by atoms with van der Waals surface area (Å²) in [6.45, 7) is 14.0. The zero-order valence-electron chi connectivity index (χ0n) is 52.4. The van der Waals surface area contributed by atoms with Crippen molar-refractivity contribution in [3.63, 3.8) is 0 Å². The fourth-order valence-corrected chi connectivity index (χ4v) is 9.12. The minimum atomic E-state index is -1.84. The van der Waals surface area contributed by atoms with Gasteiger partial charge in [-0.15, -0.1) is 0 Å². The van der Waals surface area contributed by atoms with E-state index in [1.54, 1.807) is 62.4 Å². The second-order valence-electron chi connectivity index (χ2n) is 22.4. The third-order valence-electron chi connectivity index (χ3n) is 15.7. The van der Waals surface area contributed by atoms with Crippen LogP contribution in [-0.4, -0.2) is 187 Å². The molecule has 16 atom stereocenters. The molecule has 30 heteroatoms. The first-order chi connectivity index (χ1) is 41.5. The van der Waals surface area contributed by atoms with Crippen LogP contribution >= 0.6 is 0 Å². The molecular formula is C58H96N14O16. The van der Waals surface area contributed by atoms with Crippen LogP contribution in [0.15, 0.2) is 30.3 Å². The van der Waals surface area contributed by atoms with Crippen molar-refractivity contribution < 1.29 is 77.3 Å². The predicted octanol–water partition coefficient (Wildman–Crippen LogP) is -3.49. The molecule has 1 saturated heterocycles. The maximum atomic E-state index is 14.4. The number of nitrogens with two attached hydrogens (primary N) is 2. The Hall–Kier alpha value is -7.99. The van der Waals surface area contributed by atoms with Gasteiger partial charge in [0.15, 0.2) is 0 Å².